The molecule has 1 spiro atoms. The Kier molecular flexibility index (Phi) is 5.00. The van der Waals surface area contributed by atoms with Crippen molar-refractivity contribution in [3.05, 3.63) is 64.6 Å². The zero-order valence-corrected chi connectivity index (χ0v) is 18.0. The number of rotatable bonds is 5. The largest absolute Gasteiger partial charge is 0.497 e. The van der Waals surface area contributed by atoms with Crippen LogP contribution >= 0.6 is 0 Å². The van der Waals surface area contributed by atoms with E-state index in [1.54, 1.807) is 30.2 Å². The molecule has 5 rings (SSSR count). The molecule has 0 unspecified atom stereocenters. The fourth-order valence-corrected chi connectivity index (χ4v) is 4.78. The summed E-state index contributed by atoms with van der Waals surface area (Å²) in [5.41, 5.74) is 1.80. The van der Waals surface area contributed by atoms with Crippen LogP contribution in [0.3, 0.4) is 0 Å². The lowest BCUT2D eigenvalue weighted by atomic mass is 9.71. The minimum Gasteiger partial charge on any atom is -0.497 e. The molecular formula is C24H25N3O5. The minimum absolute atomic E-state index is 0.0552. The summed E-state index contributed by atoms with van der Waals surface area (Å²) in [7, 11) is 1.63. The Morgan fingerprint density at radius 3 is 2.47 bits per heavy atom. The van der Waals surface area contributed by atoms with Crippen molar-refractivity contribution in [1.29, 1.82) is 0 Å². The molecule has 2 aliphatic heterocycles. The molecule has 2 amide bonds. The Labute approximate surface area is 185 Å². The van der Waals surface area contributed by atoms with Crippen molar-refractivity contribution in [3.8, 4) is 5.75 Å². The van der Waals surface area contributed by atoms with E-state index in [2.05, 4.69) is 0 Å². The zero-order chi connectivity index (χ0) is 22.3. The van der Waals surface area contributed by atoms with Gasteiger partial charge in [0.05, 0.1) is 18.0 Å². The summed E-state index contributed by atoms with van der Waals surface area (Å²) in [6, 6.07) is 14.8. The molecule has 2 aliphatic rings. The van der Waals surface area contributed by atoms with Gasteiger partial charge in [-0.1, -0.05) is 24.3 Å². The molecule has 0 N–H and O–H groups in total. The molecule has 3 heterocycles. The summed E-state index contributed by atoms with van der Waals surface area (Å²) in [5.74, 6) is 0.298. The molecular weight excluding hydrogens is 410 g/mol. The van der Waals surface area contributed by atoms with E-state index in [1.165, 1.54) is 4.57 Å². The number of benzene rings is 2. The average molecular weight is 435 g/mol. The van der Waals surface area contributed by atoms with E-state index < -0.39 is 5.76 Å². The second-order valence-corrected chi connectivity index (χ2v) is 8.59. The van der Waals surface area contributed by atoms with Crippen LogP contribution in [0.1, 0.15) is 18.4 Å². The third kappa shape index (κ3) is 3.45. The van der Waals surface area contributed by atoms with Gasteiger partial charge in [-0.05, 0) is 42.7 Å². The topological polar surface area (TPSA) is 85.0 Å². The van der Waals surface area contributed by atoms with Crippen molar-refractivity contribution in [1.82, 2.24) is 14.4 Å². The quantitative estimate of drug-likeness (QED) is 0.574. The normalized spacial score (nSPS) is 17.6. The Morgan fingerprint density at radius 1 is 1.06 bits per heavy atom. The third-order valence-corrected chi connectivity index (χ3v) is 6.71. The number of carbonyl (C=O) groups excluding carboxylic acids is 2. The van der Waals surface area contributed by atoms with Crippen LogP contribution in [-0.4, -0.2) is 52.9 Å². The Morgan fingerprint density at radius 2 is 1.78 bits per heavy atom. The van der Waals surface area contributed by atoms with Gasteiger partial charge in [-0.15, -0.1) is 0 Å². The van der Waals surface area contributed by atoms with E-state index in [9.17, 15) is 14.4 Å². The van der Waals surface area contributed by atoms with E-state index >= 15 is 0 Å². The van der Waals surface area contributed by atoms with Crippen LogP contribution in [0.4, 0.5) is 0 Å². The predicted molar refractivity (Wildman–Crippen MR) is 117 cm³/mol. The van der Waals surface area contributed by atoms with Crippen molar-refractivity contribution >= 4 is 22.9 Å². The van der Waals surface area contributed by atoms with Gasteiger partial charge in [0, 0.05) is 26.2 Å². The average Bonchev–Trinajstić information content (AvgIpc) is 3.14. The SMILES string of the molecule is COc1ccc(CN2CC3(CCN(C(=O)Cn4c(=O)oc5ccccc54)CC3)C2=O)cc1. The van der Waals surface area contributed by atoms with Crippen LogP contribution in [-0.2, 0) is 22.7 Å². The molecule has 2 fully saturated rings. The Balaban J connectivity index is 1.18. The molecule has 2 aromatic carbocycles. The first-order valence-electron chi connectivity index (χ1n) is 10.8. The summed E-state index contributed by atoms with van der Waals surface area (Å²) in [4.78, 5) is 41.5. The van der Waals surface area contributed by atoms with Gasteiger partial charge in [0.2, 0.25) is 11.8 Å². The van der Waals surface area contributed by atoms with Gasteiger partial charge in [-0.3, -0.25) is 14.2 Å². The number of piperidine rings is 1. The van der Waals surface area contributed by atoms with Gasteiger partial charge in [-0.25, -0.2) is 4.79 Å². The number of β-lactam (4-membered cyclic amide) rings is 1. The van der Waals surface area contributed by atoms with Gasteiger partial charge in [0.15, 0.2) is 5.58 Å². The molecule has 0 atom stereocenters. The number of hydrogen-bond acceptors (Lipinski definition) is 5. The lowest BCUT2D eigenvalue weighted by molar-refractivity contribution is -0.168. The molecule has 0 bridgehead atoms. The predicted octanol–water partition coefficient (Wildman–Crippen LogP) is 2.25. The lowest BCUT2D eigenvalue weighted by Gasteiger charge is -2.52. The van der Waals surface area contributed by atoms with Crippen LogP contribution in [0.2, 0.25) is 0 Å². The summed E-state index contributed by atoms with van der Waals surface area (Å²) < 4.78 is 11.8. The second kappa shape index (κ2) is 7.85. The molecule has 0 radical (unpaired) electrons. The van der Waals surface area contributed by atoms with E-state index in [4.69, 9.17) is 9.15 Å². The number of oxazole rings is 1. The van der Waals surface area contributed by atoms with Crippen LogP contribution in [0, 0.1) is 5.41 Å². The number of fused-ring (bicyclic) bond motifs is 1. The van der Waals surface area contributed by atoms with Gasteiger partial charge in [-0.2, -0.15) is 0 Å². The Bertz CT molecular complexity index is 1220. The van der Waals surface area contributed by atoms with Crippen LogP contribution in [0.25, 0.3) is 11.1 Å². The number of amides is 2. The fourth-order valence-electron chi connectivity index (χ4n) is 4.78. The first kappa shape index (κ1) is 20.4. The number of para-hydroxylation sites is 2. The zero-order valence-electron chi connectivity index (χ0n) is 18.0. The molecule has 0 saturated carbocycles. The van der Waals surface area contributed by atoms with Crippen LogP contribution < -0.4 is 10.5 Å². The maximum atomic E-state index is 12.9. The number of ether oxygens (including phenoxy) is 1. The first-order chi connectivity index (χ1) is 15.5. The molecule has 3 aromatic rings. The molecule has 166 valence electrons. The summed E-state index contributed by atoms with van der Waals surface area (Å²) in [6.07, 6.45) is 1.30. The number of hydrogen-bond donors (Lipinski definition) is 0. The standard InChI is InChI=1S/C24H25N3O5/c1-31-18-8-6-17(7-9-18)14-26-16-24(22(26)29)10-12-25(13-11-24)21(28)15-27-19-4-2-3-5-20(19)32-23(27)30/h2-9H,10-16H2,1H3. The number of aromatic nitrogens is 1. The van der Waals surface area contributed by atoms with E-state index in [1.807, 2.05) is 35.2 Å². The molecule has 32 heavy (non-hydrogen) atoms. The lowest BCUT2D eigenvalue weighted by Crippen LogP contribution is -2.64. The highest BCUT2D eigenvalue weighted by Gasteiger charge is 2.53. The van der Waals surface area contributed by atoms with Crippen molar-refractivity contribution in [3.63, 3.8) is 0 Å². The summed E-state index contributed by atoms with van der Waals surface area (Å²) in [6.45, 7) is 2.28. The molecule has 8 heteroatoms. The maximum absolute atomic E-state index is 12.9. The molecule has 1 aromatic heterocycles. The molecule has 2 saturated heterocycles. The number of methoxy groups -OCH3 is 1. The van der Waals surface area contributed by atoms with Crippen LogP contribution in [0.15, 0.2) is 57.7 Å². The van der Waals surface area contributed by atoms with Crippen molar-refractivity contribution < 1.29 is 18.7 Å². The summed E-state index contributed by atoms with van der Waals surface area (Å²) in [5, 5.41) is 0. The monoisotopic (exact) mass is 435 g/mol. The van der Waals surface area contributed by atoms with Gasteiger partial charge < -0.3 is 19.0 Å². The van der Waals surface area contributed by atoms with Crippen molar-refractivity contribution in [2.75, 3.05) is 26.7 Å². The number of nitrogens with zero attached hydrogens (tertiary/aromatic N) is 3. The second-order valence-electron chi connectivity index (χ2n) is 8.59. The number of likely N-dealkylation sites (tertiary alicyclic amines) is 2. The molecule has 8 nitrogen and oxygen atoms in total. The van der Waals surface area contributed by atoms with Crippen molar-refractivity contribution in [2.45, 2.75) is 25.9 Å². The highest BCUT2D eigenvalue weighted by molar-refractivity contribution is 5.89. The Hall–Kier alpha value is -3.55. The fraction of sp³-hybridized carbons (Fsp3) is 0.375. The third-order valence-electron chi connectivity index (χ3n) is 6.71. The maximum Gasteiger partial charge on any atom is 0.420 e. The van der Waals surface area contributed by atoms with Gasteiger partial charge >= 0.3 is 5.76 Å². The first-order valence-corrected chi connectivity index (χ1v) is 10.8. The van der Waals surface area contributed by atoms with Gasteiger partial charge in [0.25, 0.3) is 0 Å². The number of carbonyl (C=O) groups is 2. The summed E-state index contributed by atoms with van der Waals surface area (Å²) >= 11 is 0. The highest BCUT2D eigenvalue weighted by atomic mass is 16.5. The van der Waals surface area contributed by atoms with Gasteiger partial charge in [0.1, 0.15) is 12.3 Å². The van der Waals surface area contributed by atoms with Crippen LogP contribution in [0.5, 0.6) is 5.75 Å². The highest BCUT2D eigenvalue weighted by Crippen LogP contribution is 2.42. The van der Waals surface area contributed by atoms with Crippen molar-refractivity contribution in [2.24, 2.45) is 5.41 Å². The van der Waals surface area contributed by atoms with E-state index in [0.717, 1.165) is 11.3 Å². The smallest absolute Gasteiger partial charge is 0.420 e. The van der Waals surface area contributed by atoms with E-state index in [0.29, 0.717) is 50.1 Å². The minimum atomic E-state index is -0.531. The molecule has 0 aliphatic carbocycles. The van der Waals surface area contributed by atoms with E-state index in [-0.39, 0.29) is 23.8 Å².